The third kappa shape index (κ3) is 3.01. The quantitative estimate of drug-likeness (QED) is 0.764. The molecule has 0 amide bonds. The van der Waals surface area contributed by atoms with Gasteiger partial charge in [-0.15, -0.1) is 0 Å². The Morgan fingerprint density at radius 2 is 2.09 bits per heavy atom. The van der Waals surface area contributed by atoms with E-state index in [0.29, 0.717) is 6.04 Å². The van der Waals surface area contributed by atoms with Crippen LogP contribution >= 0.6 is 0 Å². The number of hydrogen-bond donors (Lipinski definition) is 0. The van der Waals surface area contributed by atoms with Crippen LogP contribution in [0.25, 0.3) is 11.1 Å². The summed E-state index contributed by atoms with van der Waals surface area (Å²) in [6.07, 6.45) is 10.0. The first-order chi connectivity index (χ1) is 10.8. The number of aromatic nitrogens is 1. The molecule has 1 unspecified atom stereocenters. The van der Waals surface area contributed by atoms with E-state index in [2.05, 4.69) is 48.0 Å². The van der Waals surface area contributed by atoms with Gasteiger partial charge in [-0.3, -0.25) is 4.98 Å². The Labute approximate surface area is 134 Å². The van der Waals surface area contributed by atoms with Gasteiger partial charge < -0.3 is 4.90 Å². The maximum atomic E-state index is 4.24. The summed E-state index contributed by atoms with van der Waals surface area (Å²) in [5, 5.41) is 0. The van der Waals surface area contributed by atoms with Gasteiger partial charge in [0, 0.05) is 30.7 Å². The van der Waals surface area contributed by atoms with Crippen molar-refractivity contribution in [3.63, 3.8) is 0 Å². The highest BCUT2D eigenvalue weighted by molar-refractivity contribution is 5.69. The lowest BCUT2D eigenvalue weighted by molar-refractivity contribution is 0.509. The van der Waals surface area contributed by atoms with E-state index in [9.17, 15) is 0 Å². The Bertz CT molecular complexity index is 606. The third-order valence-electron chi connectivity index (χ3n) is 4.76. The van der Waals surface area contributed by atoms with Crippen LogP contribution in [0.3, 0.4) is 0 Å². The van der Waals surface area contributed by atoms with Crippen LogP contribution in [0.5, 0.6) is 0 Å². The molecule has 0 fully saturated rings. The zero-order valence-electron chi connectivity index (χ0n) is 13.8. The zero-order chi connectivity index (χ0) is 15.4. The van der Waals surface area contributed by atoms with Crippen LogP contribution in [-0.2, 0) is 6.42 Å². The summed E-state index contributed by atoms with van der Waals surface area (Å²) in [5.41, 5.74) is 5.46. The fourth-order valence-electron chi connectivity index (χ4n) is 3.63. The summed E-state index contributed by atoms with van der Waals surface area (Å²) in [6.45, 7) is 5.81. The number of rotatable bonds is 5. The van der Waals surface area contributed by atoms with E-state index in [0.717, 1.165) is 0 Å². The first kappa shape index (κ1) is 15.1. The minimum atomic E-state index is 0.688. The molecule has 2 heterocycles. The van der Waals surface area contributed by atoms with Gasteiger partial charge in [-0.05, 0) is 60.6 Å². The Morgan fingerprint density at radius 1 is 1.18 bits per heavy atom. The van der Waals surface area contributed by atoms with E-state index in [1.165, 1.54) is 61.0 Å². The van der Waals surface area contributed by atoms with Gasteiger partial charge in [0.2, 0.25) is 0 Å². The van der Waals surface area contributed by atoms with Gasteiger partial charge >= 0.3 is 0 Å². The molecule has 0 saturated heterocycles. The lowest BCUT2D eigenvalue weighted by Gasteiger charge is -2.38. The van der Waals surface area contributed by atoms with E-state index < -0.39 is 0 Å². The summed E-state index contributed by atoms with van der Waals surface area (Å²) >= 11 is 0. The number of hydrogen-bond acceptors (Lipinski definition) is 2. The molecule has 22 heavy (non-hydrogen) atoms. The summed E-state index contributed by atoms with van der Waals surface area (Å²) in [4.78, 5) is 6.89. The SMILES string of the molecule is CCCC(CC)N1CCCc2cc(-c3cccnc3)ccc21. The standard InChI is InChI=1S/C20H26N2/c1-3-7-19(4-2)22-13-6-9-17-14-16(10-11-20(17)22)18-8-5-12-21-15-18/h5,8,10-12,14-15,19H,3-4,6-7,9,13H2,1-2H3. The Hall–Kier alpha value is -1.83. The van der Waals surface area contributed by atoms with Crippen molar-refractivity contribution in [2.45, 2.75) is 52.0 Å². The van der Waals surface area contributed by atoms with Crippen molar-refractivity contribution in [1.82, 2.24) is 4.98 Å². The van der Waals surface area contributed by atoms with Crippen molar-refractivity contribution < 1.29 is 0 Å². The molecular weight excluding hydrogens is 268 g/mol. The lowest BCUT2D eigenvalue weighted by Crippen LogP contribution is -2.38. The minimum Gasteiger partial charge on any atom is -0.368 e. The van der Waals surface area contributed by atoms with Crippen LogP contribution in [0.4, 0.5) is 5.69 Å². The van der Waals surface area contributed by atoms with E-state index in [4.69, 9.17) is 0 Å². The molecule has 0 aliphatic carbocycles. The average Bonchev–Trinajstić information content (AvgIpc) is 2.59. The molecule has 0 spiro atoms. The van der Waals surface area contributed by atoms with Gasteiger partial charge in [0.15, 0.2) is 0 Å². The van der Waals surface area contributed by atoms with Crippen molar-refractivity contribution in [1.29, 1.82) is 0 Å². The lowest BCUT2D eigenvalue weighted by atomic mass is 9.94. The highest BCUT2D eigenvalue weighted by Crippen LogP contribution is 2.33. The second-order valence-electron chi connectivity index (χ2n) is 6.23. The third-order valence-corrected chi connectivity index (χ3v) is 4.76. The molecule has 116 valence electrons. The molecule has 2 aromatic rings. The Morgan fingerprint density at radius 3 is 2.82 bits per heavy atom. The maximum Gasteiger partial charge on any atom is 0.0401 e. The topological polar surface area (TPSA) is 16.1 Å². The van der Waals surface area contributed by atoms with Gasteiger partial charge in [-0.25, -0.2) is 0 Å². The molecule has 0 radical (unpaired) electrons. The first-order valence-corrected chi connectivity index (χ1v) is 8.63. The summed E-state index contributed by atoms with van der Waals surface area (Å²) in [7, 11) is 0. The number of fused-ring (bicyclic) bond motifs is 1. The van der Waals surface area contributed by atoms with Crippen molar-refractivity contribution in [2.75, 3.05) is 11.4 Å². The van der Waals surface area contributed by atoms with Gasteiger partial charge in [-0.1, -0.05) is 32.4 Å². The predicted molar refractivity (Wildman–Crippen MR) is 94.3 cm³/mol. The predicted octanol–water partition coefficient (Wildman–Crippen LogP) is 5.08. The van der Waals surface area contributed by atoms with Crippen LogP contribution in [-0.4, -0.2) is 17.6 Å². The minimum absolute atomic E-state index is 0.688. The highest BCUT2D eigenvalue weighted by atomic mass is 15.2. The van der Waals surface area contributed by atoms with Crippen LogP contribution in [0.2, 0.25) is 0 Å². The van der Waals surface area contributed by atoms with E-state index in [1.54, 1.807) is 0 Å². The molecule has 1 aromatic carbocycles. The van der Waals surface area contributed by atoms with Crippen molar-refractivity contribution in [2.24, 2.45) is 0 Å². The molecule has 1 atom stereocenters. The van der Waals surface area contributed by atoms with E-state index >= 15 is 0 Å². The van der Waals surface area contributed by atoms with Crippen LogP contribution in [0.1, 0.15) is 45.1 Å². The van der Waals surface area contributed by atoms with E-state index in [1.807, 2.05) is 18.5 Å². The largest absolute Gasteiger partial charge is 0.368 e. The summed E-state index contributed by atoms with van der Waals surface area (Å²) < 4.78 is 0. The second kappa shape index (κ2) is 6.95. The van der Waals surface area contributed by atoms with Crippen molar-refractivity contribution in [3.8, 4) is 11.1 Å². The molecule has 1 aliphatic rings. The average molecular weight is 294 g/mol. The van der Waals surface area contributed by atoms with Crippen molar-refractivity contribution >= 4 is 5.69 Å². The molecule has 0 N–H and O–H groups in total. The van der Waals surface area contributed by atoms with Crippen LogP contribution < -0.4 is 4.90 Å². The van der Waals surface area contributed by atoms with Crippen molar-refractivity contribution in [3.05, 3.63) is 48.3 Å². The maximum absolute atomic E-state index is 4.24. The molecule has 1 aliphatic heterocycles. The van der Waals surface area contributed by atoms with Crippen LogP contribution in [0.15, 0.2) is 42.7 Å². The Kier molecular flexibility index (Phi) is 4.77. The number of aryl methyl sites for hydroxylation is 1. The number of pyridine rings is 1. The monoisotopic (exact) mass is 294 g/mol. The fraction of sp³-hybridized carbons (Fsp3) is 0.450. The Balaban J connectivity index is 1.92. The molecule has 2 nitrogen and oxygen atoms in total. The second-order valence-corrected chi connectivity index (χ2v) is 6.23. The van der Waals surface area contributed by atoms with E-state index in [-0.39, 0.29) is 0 Å². The molecular formula is C20H26N2. The summed E-state index contributed by atoms with van der Waals surface area (Å²) in [6, 6.07) is 11.8. The van der Waals surface area contributed by atoms with Gasteiger partial charge in [0.05, 0.1) is 0 Å². The number of benzene rings is 1. The smallest absolute Gasteiger partial charge is 0.0401 e. The molecule has 3 rings (SSSR count). The summed E-state index contributed by atoms with van der Waals surface area (Å²) in [5.74, 6) is 0. The van der Waals surface area contributed by atoms with Gasteiger partial charge in [0.25, 0.3) is 0 Å². The molecule has 2 heteroatoms. The molecule has 0 bridgehead atoms. The normalized spacial score (nSPS) is 15.5. The number of anilines is 1. The number of nitrogens with zero attached hydrogens (tertiary/aromatic N) is 2. The first-order valence-electron chi connectivity index (χ1n) is 8.63. The highest BCUT2D eigenvalue weighted by Gasteiger charge is 2.22. The molecule has 0 saturated carbocycles. The van der Waals surface area contributed by atoms with Crippen LogP contribution in [0, 0.1) is 0 Å². The van der Waals surface area contributed by atoms with Gasteiger partial charge in [0.1, 0.15) is 0 Å². The van der Waals surface area contributed by atoms with Gasteiger partial charge in [-0.2, -0.15) is 0 Å². The fourth-order valence-corrected chi connectivity index (χ4v) is 3.63. The zero-order valence-corrected chi connectivity index (χ0v) is 13.8. The molecule has 1 aromatic heterocycles.